The molecule has 0 bridgehead atoms. The highest BCUT2D eigenvalue weighted by Crippen LogP contribution is 2.29. The van der Waals surface area contributed by atoms with Crippen LogP contribution in [0.15, 0.2) is 24.3 Å². The Hall–Kier alpha value is -1.71. The molecule has 204 valence electrons. The molecule has 0 saturated carbocycles. The number of aliphatic hydroxyl groups excluding tert-OH is 1. The quantitative estimate of drug-likeness (QED) is 0.432. The predicted molar refractivity (Wildman–Crippen MR) is 148 cm³/mol. The van der Waals surface area contributed by atoms with E-state index >= 15 is 0 Å². The van der Waals surface area contributed by atoms with Crippen LogP contribution in [0.5, 0.6) is 11.6 Å². The first kappa shape index (κ1) is 30.5. The molecule has 0 radical (unpaired) electrons. The predicted octanol–water partition coefficient (Wildman–Crippen LogP) is 4.45. The Kier molecular flexibility index (Phi) is 12.6. The van der Waals surface area contributed by atoms with Gasteiger partial charge < -0.3 is 34.7 Å². The molecule has 1 aromatic heterocycles. The Morgan fingerprint density at radius 3 is 2.36 bits per heavy atom. The van der Waals surface area contributed by atoms with Gasteiger partial charge >= 0.3 is 6.09 Å². The van der Waals surface area contributed by atoms with Crippen molar-refractivity contribution in [2.24, 2.45) is 5.92 Å². The number of aliphatic hydroxyl groups is 1. The monoisotopic (exact) mass is 544 g/mol. The first-order valence-electron chi connectivity index (χ1n) is 12.8. The highest BCUT2D eigenvalue weighted by molar-refractivity contribution is 5.88. The third-order valence-corrected chi connectivity index (χ3v) is 6.95. The third-order valence-electron chi connectivity index (χ3n) is 6.95. The molecule has 0 spiro atoms. The van der Waals surface area contributed by atoms with E-state index < -0.39 is 6.09 Å². The zero-order valence-electron chi connectivity index (χ0n) is 21.4. The molecule has 8 nitrogen and oxygen atoms in total. The summed E-state index contributed by atoms with van der Waals surface area (Å²) in [5, 5.41) is 13.6. The molecule has 4 rings (SSSR count). The van der Waals surface area contributed by atoms with Gasteiger partial charge in [0, 0.05) is 56.8 Å². The van der Waals surface area contributed by atoms with Crippen LogP contribution >= 0.6 is 24.8 Å². The van der Waals surface area contributed by atoms with E-state index in [9.17, 15) is 9.90 Å². The van der Waals surface area contributed by atoms with Crippen LogP contribution < -0.4 is 14.8 Å². The fraction of sp³-hybridized carbons (Fsp3) is 0.654. The average Bonchev–Trinajstić information content (AvgIpc) is 3.22. The number of nitrogens with one attached hydrogen (secondary N) is 2. The Bertz CT molecular complexity index is 926. The van der Waals surface area contributed by atoms with Crippen molar-refractivity contribution in [1.29, 1.82) is 0 Å². The van der Waals surface area contributed by atoms with E-state index in [2.05, 4.69) is 33.9 Å². The lowest BCUT2D eigenvalue weighted by Crippen LogP contribution is -2.47. The molecule has 10 heteroatoms. The summed E-state index contributed by atoms with van der Waals surface area (Å²) in [6.07, 6.45) is 4.08. The molecule has 2 aliphatic rings. The van der Waals surface area contributed by atoms with Crippen molar-refractivity contribution in [2.45, 2.75) is 58.1 Å². The molecule has 2 aliphatic heterocycles. The Morgan fingerprint density at radius 2 is 1.72 bits per heavy atom. The minimum Gasteiger partial charge on any atom is -0.493 e. The van der Waals surface area contributed by atoms with Crippen LogP contribution in [0, 0.1) is 5.92 Å². The first-order chi connectivity index (χ1) is 16.5. The summed E-state index contributed by atoms with van der Waals surface area (Å²) in [4.78, 5) is 20.6. The number of H-pyrrole nitrogens is 1. The number of aromatic amines is 1. The summed E-state index contributed by atoms with van der Waals surface area (Å²) in [6.45, 7) is 11.1. The molecule has 36 heavy (non-hydrogen) atoms. The van der Waals surface area contributed by atoms with E-state index in [1.165, 1.54) is 0 Å². The number of fused-ring (bicyclic) bond motifs is 1. The molecule has 3 heterocycles. The van der Waals surface area contributed by atoms with Crippen molar-refractivity contribution in [3.63, 3.8) is 0 Å². The van der Waals surface area contributed by atoms with Crippen LogP contribution in [-0.4, -0.2) is 84.0 Å². The van der Waals surface area contributed by atoms with Crippen LogP contribution in [0.1, 0.15) is 46.0 Å². The van der Waals surface area contributed by atoms with E-state index in [-0.39, 0.29) is 37.0 Å². The number of carbonyl (C=O) groups excluding carboxylic acids is 1. The Morgan fingerprint density at radius 1 is 1.08 bits per heavy atom. The second-order valence-electron chi connectivity index (χ2n) is 10.1. The third kappa shape index (κ3) is 8.99. The summed E-state index contributed by atoms with van der Waals surface area (Å²) in [7, 11) is 0. The van der Waals surface area contributed by atoms with Gasteiger partial charge in [0.15, 0.2) is 0 Å². The number of likely N-dealkylation sites (tertiary alicyclic amines) is 2. The lowest BCUT2D eigenvalue weighted by Gasteiger charge is -2.35. The fourth-order valence-electron chi connectivity index (χ4n) is 4.71. The molecule has 2 fully saturated rings. The van der Waals surface area contributed by atoms with Gasteiger partial charge in [-0.2, -0.15) is 0 Å². The summed E-state index contributed by atoms with van der Waals surface area (Å²) >= 11 is 0. The number of hydrogen-bond acceptors (Lipinski definition) is 6. The molecule has 1 aromatic carbocycles. The number of ether oxygens (including phenoxy) is 2. The Labute approximate surface area is 226 Å². The molecule has 3 N–H and O–H groups in total. The van der Waals surface area contributed by atoms with Crippen molar-refractivity contribution in [1.82, 2.24) is 20.1 Å². The second-order valence-corrected chi connectivity index (χ2v) is 10.1. The smallest absolute Gasteiger partial charge is 0.414 e. The van der Waals surface area contributed by atoms with Crippen molar-refractivity contribution in [3.05, 3.63) is 24.3 Å². The standard InChI is InChI=1S/C26H40N4O4.2ClH/c1-19(2)10-17-33-24-5-3-4-23-22(24)18-25(28-23)34-26(32)27-20-6-11-29(12-7-20)15-16-30-13-8-21(31)9-14-30;;/h3-5,18-21,28,31H,6-17H2,1-2H3,(H,27,32);2*1H. The van der Waals surface area contributed by atoms with Crippen LogP contribution in [-0.2, 0) is 0 Å². The summed E-state index contributed by atoms with van der Waals surface area (Å²) in [5.41, 5.74) is 0.890. The van der Waals surface area contributed by atoms with Gasteiger partial charge in [0.2, 0.25) is 5.88 Å². The second kappa shape index (κ2) is 14.9. The largest absolute Gasteiger partial charge is 0.493 e. The maximum atomic E-state index is 12.5. The SMILES string of the molecule is CC(C)CCOc1cccc2[nH]c(OC(=O)NC3CCN(CCN4CCC(O)CC4)CC3)cc12.Cl.Cl. The van der Waals surface area contributed by atoms with E-state index in [0.29, 0.717) is 18.4 Å². The normalized spacial score (nSPS) is 18.0. The topological polar surface area (TPSA) is 90.1 Å². The van der Waals surface area contributed by atoms with E-state index in [1.807, 2.05) is 24.3 Å². The van der Waals surface area contributed by atoms with Crippen molar-refractivity contribution < 1.29 is 19.4 Å². The molecule has 0 unspecified atom stereocenters. The van der Waals surface area contributed by atoms with Gasteiger partial charge in [-0.15, -0.1) is 24.8 Å². The van der Waals surface area contributed by atoms with Gasteiger partial charge in [0.05, 0.1) is 18.2 Å². The maximum absolute atomic E-state index is 12.5. The van der Waals surface area contributed by atoms with Gasteiger partial charge in [-0.3, -0.25) is 0 Å². The van der Waals surface area contributed by atoms with E-state index in [0.717, 1.165) is 88.0 Å². The maximum Gasteiger partial charge on any atom is 0.414 e. The van der Waals surface area contributed by atoms with E-state index in [4.69, 9.17) is 9.47 Å². The number of amides is 1. The van der Waals surface area contributed by atoms with Gasteiger partial charge in [0.25, 0.3) is 0 Å². The van der Waals surface area contributed by atoms with Crippen LogP contribution in [0.25, 0.3) is 10.9 Å². The molecular formula is C26H42Cl2N4O4. The van der Waals surface area contributed by atoms with Crippen molar-refractivity contribution in [2.75, 3.05) is 45.9 Å². The highest BCUT2D eigenvalue weighted by atomic mass is 35.5. The zero-order chi connectivity index (χ0) is 23.9. The van der Waals surface area contributed by atoms with E-state index in [1.54, 1.807) is 0 Å². The number of piperidine rings is 2. The van der Waals surface area contributed by atoms with Gasteiger partial charge in [-0.1, -0.05) is 19.9 Å². The minimum absolute atomic E-state index is 0. The summed E-state index contributed by atoms with van der Waals surface area (Å²) < 4.78 is 11.5. The molecule has 2 saturated heterocycles. The van der Waals surface area contributed by atoms with Crippen LogP contribution in [0.2, 0.25) is 0 Å². The number of carbonyl (C=O) groups is 1. The summed E-state index contributed by atoms with van der Waals surface area (Å²) in [6, 6.07) is 7.81. The number of rotatable bonds is 9. The molecular weight excluding hydrogens is 503 g/mol. The van der Waals surface area contributed by atoms with Crippen LogP contribution in [0.3, 0.4) is 0 Å². The average molecular weight is 546 g/mol. The number of benzene rings is 1. The fourth-order valence-corrected chi connectivity index (χ4v) is 4.71. The van der Waals surface area contributed by atoms with Gasteiger partial charge in [0.1, 0.15) is 5.75 Å². The molecule has 0 atom stereocenters. The lowest BCUT2D eigenvalue weighted by molar-refractivity contribution is 0.0739. The molecule has 0 aliphatic carbocycles. The first-order valence-corrected chi connectivity index (χ1v) is 12.8. The number of aromatic nitrogens is 1. The van der Waals surface area contributed by atoms with Crippen molar-refractivity contribution in [3.8, 4) is 11.6 Å². The number of halogens is 2. The Balaban J connectivity index is 0.00000228. The number of nitrogens with zero attached hydrogens (tertiary/aromatic N) is 2. The summed E-state index contributed by atoms with van der Waals surface area (Å²) in [5.74, 6) is 1.82. The van der Waals surface area contributed by atoms with Gasteiger partial charge in [-0.25, -0.2) is 4.79 Å². The molecule has 1 amide bonds. The lowest BCUT2D eigenvalue weighted by atomic mass is 10.1. The minimum atomic E-state index is -0.417. The zero-order valence-corrected chi connectivity index (χ0v) is 23.0. The molecule has 2 aromatic rings. The highest BCUT2D eigenvalue weighted by Gasteiger charge is 2.23. The van der Waals surface area contributed by atoms with Gasteiger partial charge in [-0.05, 0) is 50.2 Å². The van der Waals surface area contributed by atoms with Crippen molar-refractivity contribution >= 4 is 41.8 Å². The number of hydrogen-bond donors (Lipinski definition) is 3. The van der Waals surface area contributed by atoms with Crippen LogP contribution in [0.4, 0.5) is 4.79 Å².